The molecule has 0 aliphatic carbocycles. The molecule has 3 heteroatoms. The van der Waals surface area contributed by atoms with Crippen LogP contribution in [0.25, 0.3) is 20.8 Å². The van der Waals surface area contributed by atoms with Gasteiger partial charge in [0, 0.05) is 5.56 Å². The largest absolute Gasteiger partial charge is 0.506 e. The summed E-state index contributed by atoms with van der Waals surface area (Å²) in [7, 11) is 0. The van der Waals surface area contributed by atoms with Crippen molar-refractivity contribution >= 4 is 21.6 Å². The fourth-order valence-electron chi connectivity index (χ4n) is 1.75. The van der Waals surface area contributed by atoms with Gasteiger partial charge in [0.05, 0.1) is 4.70 Å². The minimum atomic E-state index is 0.247. The molecule has 0 unspecified atom stereocenters. The number of phenolic OH excluding ortho intramolecular Hbond substituents is 1. The van der Waals surface area contributed by atoms with E-state index in [-0.39, 0.29) is 5.75 Å². The topological polar surface area (TPSA) is 33.1 Å². The summed E-state index contributed by atoms with van der Waals surface area (Å²) in [4.78, 5) is 4.48. The maximum Gasteiger partial charge on any atom is 0.142 e. The third-order valence-electron chi connectivity index (χ3n) is 2.70. The molecular formula is C14H11NOS. The first-order valence-corrected chi connectivity index (χ1v) is 6.21. The molecule has 1 N–H and O–H groups in total. The molecule has 0 atom stereocenters. The lowest BCUT2D eigenvalue weighted by molar-refractivity contribution is 0.480. The Kier molecular flexibility index (Phi) is 2.34. The Labute approximate surface area is 103 Å². The lowest BCUT2D eigenvalue weighted by Crippen LogP contribution is -1.76. The van der Waals surface area contributed by atoms with Crippen molar-refractivity contribution in [1.82, 2.24) is 4.98 Å². The van der Waals surface area contributed by atoms with Crippen LogP contribution in [0.1, 0.15) is 5.56 Å². The standard InChI is InChI=1S/C14H11NOS/c1-9-5-7-10(8-6-9)14-15-13-11(16)3-2-4-12(13)17-14/h2-8,16H,1H3. The van der Waals surface area contributed by atoms with Gasteiger partial charge >= 0.3 is 0 Å². The highest BCUT2D eigenvalue weighted by molar-refractivity contribution is 7.21. The van der Waals surface area contributed by atoms with Gasteiger partial charge in [-0.05, 0) is 19.1 Å². The van der Waals surface area contributed by atoms with Crippen molar-refractivity contribution in [2.45, 2.75) is 6.92 Å². The Bertz CT molecular complexity index is 670. The number of hydrogen-bond donors (Lipinski definition) is 1. The molecule has 0 amide bonds. The average Bonchev–Trinajstić information content (AvgIpc) is 2.75. The van der Waals surface area contributed by atoms with Gasteiger partial charge in [-0.15, -0.1) is 11.3 Å². The van der Waals surface area contributed by atoms with Crippen LogP contribution in [0.2, 0.25) is 0 Å². The maximum atomic E-state index is 9.72. The number of hydrogen-bond acceptors (Lipinski definition) is 3. The van der Waals surface area contributed by atoms with E-state index in [2.05, 4.69) is 36.2 Å². The predicted octanol–water partition coefficient (Wildman–Crippen LogP) is 3.98. The number of aromatic hydroxyl groups is 1. The second-order valence-corrected chi connectivity index (χ2v) is 5.04. The van der Waals surface area contributed by atoms with Crippen LogP contribution in [0, 0.1) is 6.92 Å². The van der Waals surface area contributed by atoms with E-state index in [0.29, 0.717) is 5.52 Å². The van der Waals surface area contributed by atoms with Crippen molar-refractivity contribution in [2.75, 3.05) is 0 Å². The Morgan fingerprint density at radius 1 is 1.06 bits per heavy atom. The van der Waals surface area contributed by atoms with E-state index in [1.54, 1.807) is 17.4 Å². The molecular weight excluding hydrogens is 230 g/mol. The summed E-state index contributed by atoms with van der Waals surface area (Å²) in [5.41, 5.74) is 3.02. The van der Waals surface area contributed by atoms with Gasteiger partial charge in [-0.2, -0.15) is 0 Å². The van der Waals surface area contributed by atoms with Crippen molar-refractivity contribution in [1.29, 1.82) is 0 Å². The minimum Gasteiger partial charge on any atom is -0.506 e. The molecule has 0 fully saturated rings. The van der Waals surface area contributed by atoms with Crippen molar-refractivity contribution in [3.8, 4) is 16.3 Å². The first-order chi connectivity index (χ1) is 8.24. The molecule has 0 aliphatic rings. The van der Waals surface area contributed by atoms with E-state index in [1.165, 1.54) is 5.56 Å². The predicted molar refractivity (Wildman–Crippen MR) is 71.5 cm³/mol. The SMILES string of the molecule is Cc1ccc(-c2nc3c(O)cccc3s2)cc1. The van der Waals surface area contributed by atoms with Crippen molar-refractivity contribution in [3.05, 3.63) is 48.0 Å². The second kappa shape index (κ2) is 3.86. The summed E-state index contributed by atoms with van der Waals surface area (Å²) in [5, 5.41) is 10.7. The van der Waals surface area contributed by atoms with Crippen LogP contribution in [0.3, 0.4) is 0 Å². The zero-order valence-corrected chi connectivity index (χ0v) is 10.2. The average molecular weight is 241 g/mol. The van der Waals surface area contributed by atoms with Crippen molar-refractivity contribution in [3.63, 3.8) is 0 Å². The third kappa shape index (κ3) is 1.78. The molecule has 1 heterocycles. The molecule has 3 aromatic rings. The smallest absolute Gasteiger partial charge is 0.142 e. The number of fused-ring (bicyclic) bond motifs is 1. The van der Waals surface area contributed by atoms with Crippen LogP contribution in [-0.4, -0.2) is 10.1 Å². The van der Waals surface area contributed by atoms with Crippen LogP contribution < -0.4 is 0 Å². The van der Waals surface area contributed by atoms with Crippen LogP contribution in [0.4, 0.5) is 0 Å². The Hall–Kier alpha value is -1.87. The highest BCUT2D eigenvalue weighted by atomic mass is 32.1. The van der Waals surface area contributed by atoms with Gasteiger partial charge in [0.15, 0.2) is 0 Å². The molecule has 3 rings (SSSR count). The van der Waals surface area contributed by atoms with Crippen LogP contribution >= 0.6 is 11.3 Å². The lowest BCUT2D eigenvalue weighted by Gasteiger charge is -1.95. The number of benzene rings is 2. The van der Waals surface area contributed by atoms with E-state index in [0.717, 1.165) is 15.3 Å². The molecule has 0 saturated carbocycles. The second-order valence-electron chi connectivity index (χ2n) is 4.01. The lowest BCUT2D eigenvalue weighted by atomic mass is 10.2. The number of nitrogens with zero attached hydrogens (tertiary/aromatic N) is 1. The number of aryl methyl sites for hydroxylation is 1. The number of thiazole rings is 1. The number of aromatic nitrogens is 1. The molecule has 17 heavy (non-hydrogen) atoms. The van der Waals surface area contributed by atoms with Crippen LogP contribution in [0.5, 0.6) is 5.75 Å². The van der Waals surface area contributed by atoms with Gasteiger partial charge in [-0.3, -0.25) is 0 Å². The van der Waals surface area contributed by atoms with Crippen LogP contribution in [-0.2, 0) is 0 Å². The highest BCUT2D eigenvalue weighted by Gasteiger charge is 2.08. The first kappa shape index (κ1) is 10.3. The maximum absolute atomic E-state index is 9.72. The van der Waals surface area contributed by atoms with E-state index in [4.69, 9.17) is 0 Å². The molecule has 0 spiro atoms. The Morgan fingerprint density at radius 2 is 1.82 bits per heavy atom. The summed E-state index contributed by atoms with van der Waals surface area (Å²) in [6.07, 6.45) is 0. The molecule has 2 nitrogen and oxygen atoms in total. The highest BCUT2D eigenvalue weighted by Crippen LogP contribution is 2.33. The third-order valence-corrected chi connectivity index (χ3v) is 3.77. The molecule has 0 radical (unpaired) electrons. The van der Waals surface area contributed by atoms with Gasteiger partial charge in [-0.1, -0.05) is 35.9 Å². The zero-order valence-electron chi connectivity index (χ0n) is 9.34. The van der Waals surface area contributed by atoms with Gasteiger partial charge < -0.3 is 5.11 Å². The van der Waals surface area contributed by atoms with Gasteiger partial charge in [0.25, 0.3) is 0 Å². The summed E-state index contributed by atoms with van der Waals surface area (Å²) >= 11 is 1.60. The molecule has 1 aromatic heterocycles. The van der Waals surface area contributed by atoms with E-state index >= 15 is 0 Å². The summed E-state index contributed by atoms with van der Waals surface area (Å²) < 4.78 is 1.01. The van der Waals surface area contributed by atoms with Crippen LogP contribution in [0.15, 0.2) is 42.5 Å². The normalized spacial score (nSPS) is 10.9. The van der Waals surface area contributed by atoms with Gasteiger partial charge in [0.1, 0.15) is 16.3 Å². The summed E-state index contributed by atoms with van der Waals surface area (Å²) in [6.45, 7) is 2.06. The monoisotopic (exact) mass is 241 g/mol. The molecule has 0 aliphatic heterocycles. The number of phenols is 1. The van der Waals surface area contributed by atoms with Gasteiger partial charge in [-0.25, -0.2) is 4.98 Å². The van der Waals surface area contributed by atoms with Crippen molar-refractivity contribution < 1.29 is 5.11 Å². The van der Waals surface area contributed by atoms with E-state index < -0.39 is 0 Å². The minimum absolute atomic E-state index is 0.247. The molecule has 84 valence electrons. The van der Waals surface area contributed by atoms with Crippen molar-refractivity contribution in [2.24, 2.45) is 0 Å². The van der Waals surface area contributed by atoms with E-state index in [1.807, 2.05) is 12.1 Å². The zero-order chi connectivity index (χ0) is 11.8. The van der Waals surface area contributed by atoms with Gasteiger partial charge in [0.2, 0.25) is 0 Å². The quantitative estimate of drug-likeness (QED) is 0.699. The number of rotatable bonds is 1. The fraction of sp³-hybridized carbons (Fsp3) is 0.0714. The first-order valence-electron chi connectivity index (χ1n) is 5.39. The fourth-order valence-corrected chi connectivity index (χ4v) is 2.75. The van der Waals surface area contributed by atoms with E-state index in [9.17, 15) is 5.11 Å². The molecule has 0 saturated heterocycles. The molecule has 2 aromatic carbocycles. The summed E-state index contributed by atoms with van der Waals surface area (Å²) in [6, 6.07) is 13.7. The molecule has 0 bridgehead atoms. The number of para-hydroxylation sites is 1. The summed E-state index contributed by atoms with van der Waals surface area (Å²) in [5.74, 6) is 0.247. The Balaban J connectivity index is 2.18. The Morgan fingerprint density at radius 3 is 2.53 bits per heavy atom.